The van der Waals surface area contributed by atoms with E-state index in [-0.39, 0.29) is 11.7 Å². The Morgan fingerprint density at radius 1 is 1.07 bits per heavy atom. The highest BCUT2D eigenvalue weighted by atomic mass is 19.1. The van der Waals surface area contributed by atoms with E-state index in [0.29, 0.717) is 43.4 Å². The molecule has 2 heterocycles. The molecule has 1 aromatic heterocycles. The Hall–Kier alpha value is -2.70. The maximum Gasteiger partial charge on any atom is 0.274 e. The fourth-order valence-electron chi connectivity index (χ4n) is 3.15. The molecule has 1 aliphatic rings. The number of rotatable bonds is 7. The summed E-state index contributed by atoms with van der Waals surface area (Å²) in [6, 6.07) is 10.2. The lowest BCUT2D eigenvalue weighted by Gasteiger charge is -2.36. The molecule has 0 aliphatic carbocycles. The van der Waals surface area contributed by atoms with E-state index in [9.17, 15) is 9.18 Å². The minimum Gasteiger partial charge on any atom is -0.369 e. The number of hydrogen-bond acceptors (Lipinski definition) is 5. The molecule has 1 aliphatic heterocycles. The first-order valence-corrected chi connectivity index (χ1v) is 9.55. The zero-order valence-electron chi connectivity index (χ0n) is 15.7. The van der Waals surface area contributed by atoms with E-state index in [1.165, 1.54) is 18.9 Å². The summed E-state index contributed by atoms with van der Waals surface area (Å²) in [6.07, 6.45) is 3.44. The van der Waals surface area contributed by atoms with Gasteiger partial charge in [0.25, 0.3) is 5.91 Å². The third-order valence-electron chi connectivity index (χ3n) is 4.73. The van der Waals surface area contributed by atoms with Gasteiger partial charge in [0.05, 0.1) is 5.69 Å². The van der Waals surface area contributed by atoms with Crippen molar-refractivity contribution in [3.8, 4) is 0 Å². The molecule has 0 atom stereocenters. The number of unbranched alkanes of at least 4 members (excludes halogenated alkanes) is 2. The summed E-state index contributed by atoms with van der Waals surface area (Å²) in [7, 11) is 0. The van der Waals surface area contributed by atoms with Crippen molar-refractivity contribution in [3.63, 3.8) is 0 Å². The van der Waals surface area contributed by atoms with Gasteiger partial charge in [-0.15, -0.1) is 10.2 Å². The van der Waals surface area contributed by atoms with Gasteiger partial charge >= 0.3 is 0 Å². The normalized spacial score (nSPS) is 14.3. The summed E-state index contributed by atoms with van der Waals surface area (Å²) in [5.41, 5.74) is 0.927. The van der Waals surface area contributed by atoms with Crippen molar-refractivity contribution in [3.05, 3.63) is 47.9 Å². The van der Waals surface area contributed by atoms with Crippen LogP contribution in [0.25, 0.3) is 0 Å². The Balaban J connectivity index is 1.52. The first-order chi connectivity index (χ1) is 13.2. The van der Waals surface area contributed by atoms with E-state index < -0.39 is 0 Å². The van der Waals surface area contributed by atoms with E-state index in [1.807, 2.05) is 11.0 Å². The smallest absolute Gasteiger partial charge is 0.274 e. The van der Waals surface area contributed by atoms with Crippen molar-refractivity contribution in [1.82, 2.24) is 15.1 Å². The number of aromatic nitrogens is 2. The van der Waals surface area contributed by atoms with Crippen LogP contribution in [0.15, 0.2) is 36.4 Å². The van der Waals surface area contributed by atoms with Crippen LogP contribution in [0.1, 0.15) is 36.7 Å². The van der Waals surface area contributed by atoms with Crippen LogP contribution in [0.2, 0.25) is 0 Å². The predicted octanol–water partition coefficient (Wildman–Crippen LogP) is 3.18. The average Bonchev–Trinajstić information content (AvgIpc) is 2.72. The highest BCUT2D eigenvalue weighted by molar-refractivity contribution is 5.92. The van der Waals surface area contributed by atoms with E-state index in [1.54, 1.807) is 29.2 Å². The summed E-state index contributed by atoms with van der Waals surface area (Å²) in [4.78, 5) is 16.3. The van der Waals surface area contributed by atoms with Crippen molar-refractivity contribution >= 4 is 17.4 Å². The van der Waals surface area contributed by atoms with E-state index in [0.717, 1.165) is 13.0 Å². The Labute approximate surface area is 159 Å². The highest BCUT2D eigenvalue weighted by Gasteiger charge is 2.24. The zero-order valence-corrected chi connectivity index (χ0v) is 15.7. The van der Waals surface area contributed by atoms with Crippen molar-refractivity contribution in [2.75, 3.05) is 42.9 Å². The van der Waals surface area contributed by atoms with Crippen LogP contribution in [0.3, 0.4) is 0 Å². The summed E-state index contributed by atoms with van der Waals surface area (Å²) < 4.78 is 13.9. The van der Waals surface area contributed by atoms with Gasteiger partial charge in [-0.05, 0) is 30.7 Å². The lowest BCUT2D eigenvalue weighted by molar-refractivity contribution is 0.0739. The summed E-state index contributed by atoms with van der Waals surface area (Å²) in [5.74, 6) is 0.324. The lowest BCUT2D eigenvalue weighted by atomic mass is 10.2. The number of halogens is 1. The van der Waals surface area contributed by atoms with Crippen LogP contribution in [0.4, 0.5) is 15.9 Å². The first kappa shape index (κ1) is 19.1. The van der Waals surface area contributed by atoms with Crippen LogP contribution in [-0.4, -0.2) is 53.7 Å². The van der Waals surface area contributed by atoms with Gasteiger partial charge in [0, 0.05) is 32.7 Å². The first-order valence-electron chi connectivity index (χ1n) is 9.55. The molecule has 0 saturated carbocycles. The van der Waals surface area contributed by atoms with Crippen LogP contribution in [0, 0.1) is 5.82 Å². The predicted molar refractivity (Wildman–Crippen MR) is 105 cm³/mol. The van der Waals surface area contributed by atoms with Gasteiger partial charge in [0.1, 0.15) is 11.6 Å². The molecule has 0 radical (unpaired) electrons. The van der Waals surface area contributed by atoms with Gasteiger partial charge in [0.2, 0.25) is 0 Å². The molecule has 7 heteroatoms. The number of carbonyl (C=O) groups excluding carboxylic acids is 1. The minimum absolute atomic E-state index is 0.131. The number of piperazine rings is 1. The molecule has 6 nitrogen and oxygen atoms in total. The number of nitrogens with zero attached hydrogens (tertiary/aromatic N) is 4. The second-order valence-corrected chi connectivity index (χ2v) is 6.67. The Kier molecular flexibility index (Phi) is 6.57. The molecular formula is C20H26FN5O. The molecule has 0 spiro atoms. The highest BCUT2D eigenvalue weighted by Crippen LogP contribution is 2.20. The molecule has 0 bridgehead atoms. The second-order valence-electron chi connectivity index (χ2n) is 6.67. The van der Waals surface area contributed by atoms with Gasteiger partial charge in [-0.1, -0.05) is 31.9 Å². The second kappa shape index (κ2) is 9.30. The Bertz CT molecular complexity index is 744. The van der Waals surface area contributed by atoms with Crippen molar-refractivity contribution in [2.45, 2.75) is 26.2 Å². The average molecular weight is 371 g/mol. The standard InChI is InChI=1S/C20H26FN5O/c1-2-3-6-11-22-19-10-9-17(23-24-19)20(27)26-14-12-25(13-15-26)18-8-5-4-7-16(18)21/h4-5,7-10H,2-3,6,11-15H2,1H3,(H,22,24). The molecule has 3 rings (SSSR count). The largest absolute Gasteiger partial charge is 0.369 e. The summed E-state index contributed by atoms with van der Waals surface area (Å²) in [5, 5.41) is 11.4. The molecule has 144 valence electrons. The number of nitrogens with one attached hydrogen (secondary N) is 1. The molecule has 1 saturated heterocycles. The zero-order chi connectivity index (χ0) is 19.1. The number of anilines is 2. The topological polar surface area (TPSA) is 61.4 Å². The fourth-order valence-corrected chi connectivity index (χ4v) is 3.15. The molecule has 27 heavy (non-hydrogen) atoms. The van der Waals surface area contributed by atoms with Gasteiger partial charge in [-0.25, -0.2) is 4.39 Å². The minimum atomic E-state index is -0.231. The van der Waals surface area contributed by atoms with Crippen molar-refractivity contribution in [1.29, 1.82) is 0 Å². The van der Waals surface area contributed by atoms with E-state index >= 15 is 0 Å². The lowest BCUT2D eigenvalue weighted by Crippen LogP contribution is -2.49. The van der Waals surface area contributed by atoms with E-state index in [4.69, 9.17) is 0 Å². The van der Waals surface area contributed by atoms with Gasteiger partial charge in [0.15, 0.2) is 5.69 Å². The molecule has 1 N–H and O–H groups in total. The Morgan fingerprint density at radius 2 is 1.85 bits per heavy atom. The van der Waals surface area contributed by atoms with Crippen molar-refractivity contribution in [2.24, 2.45) is 0 Å². The number of hydrogen-bond donors (Lipinski definition) is 1. The SMILES string of the molecule is CCCCCNc1ccc(C(=O)N2CCN(c3ccccc3F)CC2)nn1. The monoisotopic (exact) mass is 371 g/mol. The van der Waals surface area contributed by atoms with Crippen LogP contribution in [-0.2, 0) is 0 Å². The third-order valence-corrected chi connectivity index (χ3v) is 4.73. The van der Waals surface area contributed by atoms with E-state index in [2.05, 4.69) is 22.4 Å². The molecule has 2 aromatic rings. The number of benzene rings is 1. The third kappa shape index (κ3) is 4.93. The quantitative estimate of drug-likeness (QED) is 0.758. The Morgan fingerprint density at radius 3 is 2.52 bits per heavy atom. The fraction of sp³-hybridized carbons (Fsp3) is 0.450. The van der Waals surface area contributed by atoms with Crippen LogP contribution < -0.4 is 10.2 Å². The van der Waals surface area contributed by atoms with Gasteiger partial charge in [-0.2, -0.15) is 0 Å². The van der Waals surface area contributed by atoms with Gasteiger partial charge in [-0.3, -0.25) is 4.79 Å². The molecule has 1 fully saturated rings. The van der Waals surface area contributed by atoms with Crippen LogP contribution >= 0.6 is 0 Å². The molecule has 0 unspecified atom stereocenters. The number of carbonyl (C=O) groups is 1. The molecule has 1 amide bonds. The van der Waals surface area contributed by atoms with Gasteiger partial charge < -0.3 is 15.1 Å². The number of amides is 1. The maximum absolute atomic E-state index is 13.9. The van der Waals surface area contributed by atoms with Crippen molar-refractivity contribution < 1.29 is 9.18 Å². The number of para-hydroxylation sites is 1. The van der Waals surface area contributed by atoms with Crippen LogP contribution in [0.5, 0.6) is 0 Å². The maximum atomic E-state index is 13.9. The molecule has 1 aromatic carbocycles. The summed E-state index contributed by atoms with van der Waals surface area (Å²) >= 11 is 0. The molecular weight excluding hydrogens is 345 g/mol. The summed E-state index contributed by atoms with van der Waals surface area (Å²) in [6.45, 7) is 5.27.